The van der Waals surface area contributed by atoms with Crippen molar-refractivity contribution in [2.45, 2.75) is 39.7 Å². The Morgan fingerprint density at radius 2 is 1.94 bits per heavy atom. The zero-order chi connectivity index (χ0) is 22.8. The molecule has 3 rings (SSSR count). The van der Waals surface area contributed by atoms with E-state index in [1.165, 1.54) is 10.6 Å². The van der Waals surface area contributed by atoms with Crippen LogP contribution in [0.1, 0.15) is 38.3 Å². The van der Waals surface area contributed by atoms with Crippen LogP contribution in [0.5, 0.6) is 0 Å². The van der Waals surface area contributed by atoms with Crippen molar-refractivity contribution in [3.63, 3.8) is 0 Å². The van der Waals surface area contributed by atoms with Crippen molar-refractivity contribution in [1.82, 2.24) is 4.57 Å². The van der Waals surface area contributed by atoms with Crippen molar-refractivity contribution in [3.8, 4) is 0 Å². The molecule has 0 fully saturated rings. The van der Waals surface area contributed by atoms with Gasteiger partial charge in [0.1, 0.15) is 0 Å². The summed E-state index contributed by atoms with van der Waals surface area (Å²) in [5, 5.41) is 2.84. The highest BCUT2D eigenvalue weighted by Crippen LogP contribution is 2.24. The zero-order valence-electron chi connectivity index (χ0n) is 18.1. The number of carbonyl (C=O) groups is 1. The number of amides is 1. The summed E-state index contributed by atoms with van der Waals surface area (Å²) >= 11 is 1.15. The molecule has 0 saturated carbocycles. The fourth-order valence-corrected chi connectivity index (χ4v) is 5.49. The normalized spacial score (nSPS) is 11.8. The van der Waals surface area contributed by atoms with Crippen molar-refractivity contribution in [3.05, 3.63) is 57.7 Å². The Hall–Kier alpha value is -2.65. The molecule has 1 aromatic heterocycles. The molecule has 0 aliphatic heterocycles. The van der Waals surface area contributed by atoms with Crippen LogP contribution in [0.15, 0.2) is 47.3 Å². The van der Waals surface area contributed by atoms with Gasteiger partial charge in [-0.3, -0.25) is 18.5 Å². The highest BCUT2D eigenvalue weighted by molar-refractivity contribution is 7.92. The second kappa shape index (κ2) is 9.23. The SMILES string of the molecule is Cc1cccc(N(CCCC(=O)Nc2ccc3c(c2)sc(=O)n3C(C)C)S(C)(=O)=O)c1. The molecule has 1 N–H and O–H groups in total. The summed E-state index contributed by atoms with van der Waals surface area (Å²) in [6, 6.07) is 12.8. The molecule has 0 radical (unpaired) electrons. The quantitative estimate of drug-likeness (QED) is 0.546. The number of benzene rings is 2. The van der Waals surface area contributed by atoms with Gasteiger partial charge in [0.15, 0.2) is 0 Å². The number of fused-ring (bicyclic) bond motifs is 1. The lowest BCUT2D eigenvalue weighted by atomic mass is 10.2. The second-order valence-corrected chi connectivity index (χ2v) is 10.7. The maximum atomic E-state index is 12.4. The summed E-state index contributed by atoms with van der Waals surface area (Å²) in [7, 11) is -3.45. The molecule has 0 saturated heterocycles. The molecular formula is C22H27N3O4S2. The minimum Gasteiger partial charge on any atom is -0.326 e. The fraction of sp³-hybridized carbons (Fsp3) is 0.364. The largest absolute Gasteiger partial charge is 0.326 e. The minimum absolute atomic E-state index is 0.0227. The molecule has 0 spiro atoms. The van der Waals surface area contributed by atoms with Gasteiger partial charge in [0.25, 0.3) is 0 Å². The van der Waals surface area contributed by atoms with E-state index in [9.17, 15) is 18.0 Å². The number of nitrogens with zero attached hydrogens (tertiary/aromatic N) is 2. The van der Waals surface area contributed by atoms with Gasteiger partial charge in [-0.05, 0) is 63.1 Å². The average Bonchev–Trinajstić information content (AvgIpc) is 2.99. The topological polar surface area (TPSA) is 88.5 Å². The minimum atomic E-state index is -3.45. The van der Waals surface area contributed by atoms with Crippen LogP contribution >= 0.6 is 11.3 Å². The van der Waals surface area contributed by atoms with Crippen LogP contribution in [0.4, 0.5) is 11.4 Å². The third-order valence-electron chi connectivity index (χ3n) is 4.87. The molecule has 7 nitrogen and oxygen atoms in total. The molecule has 1 heterocycles. The smallest absolute Gasteiger partial charge is 0.308 e. The van der Waals surface area contributed by atoms with Crippen LogP contribution in [0, 0.1) is 6.92 Å². The standard InChI is InChI=1S/C22H27N3O4S2/c1-15(2)25-19-11-10-17(14-20(19)30-22(25)27)23-21(26)9-6-12-24(31(4,28)29)18-8-5-7-16(3)13-18/h5,7-8,10-11,13-15H,6,9,12H2,1-4H3,(H,23,26). The number of aryl methyl sites for hydroxylation is 1. The van der Waals surface area contributed by atoms with E-state index in [2.05, 4.69) is 5.32 Å². The van der Waals surface area contributed by atoms with Gasteiger partial charge in [-0.2, -0.15) is 0 Å². The molecule has 1 amide bonds. The summed E-state index contributed by atoms with van der Waals surface area (Å²) < 4.78 is 28.3. The average molecular weight is 462 g/mol. The lowest BCUT2D eigenvalue weighted by Crippen LogP contribution is -2.31. The first kappa shape index (κ1) is 23.0. The number of anilines is 2. The van der Waals surface area contributed by atoms with Crippen LogP contribution in [-0.4, -0.2) is 31.7 Å². The molecule has 9 heteroatoms. The Morgan fingerprint density at radius 1 is 1.19 bits per heavy atom. The van der Waals surface area contributed by atoms with Gasteiger partial charge in [0.05, 0.1) is 22.2 Å². The molecule has 0 bridgehead atoms. The molecule has 0 aliphatic carbocycles. The first-order valence-corrected chi connectivity index (χ1v) is 12.7. The lowest BCUT2D eigenvalue weighted by Gasteiger charge is -2.22. The molecule has 3 aromatic rings. The highest BCUT2D eigenvalue weighted by Gasteiger charge is 2.18. The Morgan fingerprint density at radius 3 is 2.58 bits per heavy atom. The van der Waals surface area contributed by atoms with Crippen LogP contribution in [-0.2, 0) is 14.8 Å². The van der Waals surface area contributed by atoms with E-state index in [4.69, 9.17) is 0 Å². The van der Waals surface area contributed by atoms with Gasteiger partial charge >= 0.3 is 4.87 Å². The number of nitrogens with one attached hydrogen (secondary N) is 1. The molecule has 31 heavy (non-hydrogen) atoms. The second-order valence-electron chi connectivity index (χ2n) is 7.84. The monoisotopic (exact) mass is 461 g/mol. The van der Waals surface area contributed by atoms with E-state index in [0.29, 0.717) is 17.8 Å². The Bertz CT molecular complexity index is 1260. The Labute approximate surface area is 186 Å². The van der Waals surface area contributed by atoms with Crippen LogP contribution in [0.2, 0.25) is 0 Å². The maximum Gasteiger partial charge on any atom is 0.308 e. The zero-order valence-corrected chi connectivity index (χ0v) is 19.7. The van der Waals surface area contributed by atoms with Crippen molar-refractivity contribution >= 4 is 48.9 Å². The van der Waals surface area contributed by atoms with E-state index in [0.717, 1.165) is 27.1 Å². The summed E-state index contributed by atoms with van der Waals surface area (Å²) in [5.41, 5.74) is 3.03. The van der Waals surface area contributed by atoms with Crippen molar-refractivity contribution in [1.29, 1.82) is 0 Å². The van der Waals surface area contributed by atoms with Crippen molar-refractivity contribution in [2.24, 2.45) is 0 Å². The number of hydrogen-bond donors (Lipinski definition) is 1. The Kier molecular flexibility index (Phi) is 6.86. The predicted octanol–water partition coefficient (Wildman–Crippen LogP) is 4.14. The fourth-order valence-electron chi connectivity index (χ4n) is 3.48. The number of hydrogen-bond acceptors (Lipinski definition) is 5. The van der Waals surface area contributed by atoms with Gasteiger partial charge in [0.2, 0.25) is 15.9 Å². The lowest BCUT2D eigenvalue weighted by molar-refractivity contribution is -0.116. The molecular weight excluding hydrogens is 434 g/mol. The van der Waals surface area contributed by atoms with Gasteiger partial charge < -0.3 is 5.32 Å². The van der Waals surface area contributed by atoms with Gasteiger partial charge in [-0.25, -0.2) is 8.42 Å². The third kappa shape index (κ3) is 5.54. The third-order valence-corrected chi connectivity index (χ3v) is 6.98. The predicted molar refractivity (Wildman–Crippen MR) is 128 cm³/mol. The van der Waals surface area contributed by atoms with Crippen LogP contribution in [0.3, 0.4) is 0 Å². The first-order valence-electron chi connectivity index (χ1n) is 10.1. The maximum absolute atomic E-state index is 12.4. The van der Waals surface area contributed by atoms with E-state index in [1.807, 2.05) is 45.0 Å². The Balaban J connectivity index is 1.65. The van der Waals surface area contributed by atoms with Crippen LogP contribution < -0.4 is 14.5 Å². The van der Waals surface area contributed by atoms with E-state index < -0.39 is 10.0 Å². The molecule has 0 unspecified atom stereocenters. The number of thiazole rings is 1. The van der Waals surface area contributed by atoms with E-state index >= 15 is 0 Å². The summed E-state index contributed by atoms with van der Waals surface area (Å²) in [6.07, 6.45) is 1.73. The van der Waals surface area contributed by atoms with E-state index in [1.54, 1.807) is 22.8 Å². The first-order chi connectivity index (χ1) is 14.6. The molecule has 166 valence electrons. The summed E-state index contributed by atoms with van der Waals surface area (Å²) in [6.45, 7) is 6.04. The molecule has 2 aromatic carbocycles. The van der Waals surface area contributed by atoms with Gasteiger partial charge in [-0.15, -0.1) is 0 Å². The van der Waals surface area contributed by atoms with Gasteiger partial charge in [0, 0.05) is 24.7 Å². The van der Waals surface area contributed by atoms with Crippen LogP contribution in [0.25, 0.3) is 10.2 Å². The van der Waals surface area contributed by atoms with Gasteiger partial charge in [-0.1, -0.05) is 23.5 Å². The molecule has 0 atom stereocenters. The molecule has 0 aliphatic rings. The van der Waals surface area contributed by atoms with Crippen molar-refractivity contribution < 1.29 is 13.2 Å². The highest BCUT2D eigenvalue weighted by atomic mass is 32.2. The van der Waals surface area contributed by atoms with E-state index in [-0.39, 0.29) is 29.8 Å². The number of carbonyl (C=O) groups excluding carboxylic acids is 1. The number of sulfonamides is 1. The number of aromatic nitrogens is 1. The summed E-state index contributed by atoms with van der Waals surface area (Å²) in [4.78, 5) is 24.6. The summed E-state index contributed by atoms with van der Waals surface area (Å²) in [5.74, 6) is -0.201. The van der Waals surface area contributed by atoms with Crippen molar-refractivity contribution in [2.75, 3.05) is 22.4 Å². The number of rotatable bonds is 8.